The van der Waals surface area contributed by atoms with Gasteiger partial charge in [0.05, 0.1) is 16.7 Å². The molecule has 0 N–H and O–H groups in total. The second-order valence-corrected chi connectivity index (χ2v) is 16.6. The highest BCUT2D eigenvalue weighted by Crippen LogP contribution is 2.42. The summed E-state index contributed by atoms with van der Waals surface area (Å²) in [5, 5.41) is 4.49. The Morgan fingerprint density at radius 1 is 0.344 bits per heavy atom. The number of aryl methyl sites for hydroxylation is 2. The summed E-state index contributed by atoms with van der Waals surface area (Å²) >= 11 is 0. The average Bonchev–Trinajstić information content (AvgIpc) is 3.90. The van der Waals surface area contributed by atoms with E-state index in [2.05, 4.69) is 176 Å². The van der Waals surface area contributed by atoms with Gasteiger partial charge in [-0.3, -0.25) is 0 Å². The van der Waals surface area contributed by atoms with Crippen LogP contribution >= 0.6 is 0 Å². The van der Waals surface area contributed by atoms with Crippen LogP contribution in [-0.4, -0.2) is 19.5 Å². The molecule has 302 valence electrons. The SMILES string of the molecule is Cc1ccc(-c2ccc3c(c2)c2cc(-c4ccc(C)cc4)ccc2n3-c2ccc(-c3cccc4c3oc3ccccc34)cc2-c2nc(-c3ccccc3)nc(-c3ccccc3)n2)cc1. The van der Waals surface area contributed by atoms with Crippen LogP contribution in [0.5, 0.6) is 0 Å². The lowest BCUT2D eigenvalue weighted by atomic mass is 9.98. The van der Waals surface area contributed by atoms with Crippen molar-refractivity contribution in [3.63, 3.8) is 0 Å². The lowest BCUT2D eigenvalue weighted by molar-refractivity contribution is 0.670. The molecule has 0 unspecified atom stereocenters. The molecule has 64 heavy (non-hydrogen) atoms. The molecule has 0 spiro atoms. The van der Waals surface area contributed by atoms with Crippen LogP contribution in [0.2, 0.25) is 0 Å². The fourth-order valence-electron chi connectivity index (χ4n) is 9.12. The van der Waals surface area contributed by atoms with Gasteiger partial charge in [-0.2, -0.15) is 0 Å². The minimum absolute atomic E-state index is 0.573. The molecule has 0 aliphatic heterocycles. The standard InChI is InChI=1S/C59H40N4O/c1-37-20-24-39(25-21-37)43-28-31-52-49(34-43)50-35-44(40-26-22-38(2)23-27-40)29-32-53(50)63(52)54-33-30-45(46-17-11-18-48-47-16-9-10-19-55(47)64-56(46)48)36-51(54)59-61-57(41-12-5-3-6-13-41)60-58(62-59)42-14-7-4-8-15-42/h3-36H,1-2H3. The van der Waals surface area contributed by atoms with Gasteiger partial charge in [-0.05, 0) is 84.1 Å². The number of para-hydroxylation sites is 2. The summed E-state index contributed by atoms with van der Waals surface area (Å²) in [7, 11) is 0. The number of benzene rings is 9. The van der Waals surface area contributed by atoms with Crippen molar-refractivity contribution >= 4 is 43.7 Å². The lowest BCUT2D eigenvalue weighted by Crippen LogP contribution is -2.04. The number of hydrogen-bond acceptors (Lipinski definition) is 4. The Labute approximate surface area is 370 Å². The van der Waals surface area contributed by atoms with E-state index in [0.717, 1.165) is 77.2 Å². The van der Waals surface area contributed by atoms with E-state index in [1.807, 2.05) is 48.5 Å². The van der Waals surface area contributed by atoms with Gasteiger partial charge >= 0.3 is 0 Å². The van der Waals surface area contributed by atoms with Gasteiger partial charge in [0.25, 0.3) is 0 Å². The van der Waals surface area contributed by atoms with Crippen molar-refractivity contribution in [1.82, 2.24) is 19.5 Å². The van der Waals surface area contributed by atoms with Crippen molar-refractivity contribution in [1.29, 1.82) is 0 Å². The van der Waals surface area contributed by atoms with Crippen LogP contribution in [0, 0.1) is 13.8 Å². The van der Waals surface area contributed by atoms with E-state index in [4.69, 9.17) is 19.4 Å². The highest BCUT2D eigenvalue weighted by atomic mass is 16.3. The van der Waals surface area contributed by atoms with Gasteiger partial charge in [-0.25, -0.2) is 15.0 Å². The Kier molecular flexibility index (Phi) is 8.87. The number of nitrogens with zero attached hydrogens (tertiary/aromatic N) is 4. The van der Waals surface area contributed by atoms with Crippen LogP contribution in [-0.2, 0) is 0 Å². The molecule has 3 aromatic heterocycles. The van der Waals surface area contributed by atoms with E-state index < -0.39 is 0 Å². The molecular weight excluding hydrogens is 781 g/mol. The smallest absolute Gasteiger partial charge is 0.166 e. The Hall–Kier alpha value is -8.41. The molecule has 0 saturated carbocycles. The van der Waals surface area contributed by atoms with Crippen molar-refractivity contribution in [2.75, 3.05) is 0 Å². The molecule has 0 radical (unpaired) electrons. The molecule has 12 rings (SSSR count). The summed E-state index contributed by atoms with van der Waals surface area (Å²) in [5.41, 5.74) is 16.7. The molecule has 0 fully saturated rings. The highest BCUT2D eigenvalue weighted by Gasteiger charge is 2.22. The minimum Gasteiger partial charge on any atom is -0.455 e. The number of furan rings is 1. The molecule has 3 heterocycles. The second kappa shape index (κ2) is 15.2. The van der Waals surface area contributed by atoms with Crippen molar-refractivity contribution in [2.24, 2.45) is 0 Å². The third-order valence-electron chi connectivity index (χ3n) is 12.4. The fraction of sp³-hybridized carbons (Fsp3) is 0.0339. The fourth-order valence-corrected chi connectivity index (χ4v) is 9.12. The van der Waals surface area contributed by atoms with Crippen molar-refractivity contribution in [3.05, 3.63) is 217 Å². The maximum atomic E-state index is 6.62. The summed E-state index contributed by atoms with van der Waals surface area (Å²) in [5.74, 6) is 1.78. The Morgan fingerprint density at radius 3 is 1.44 bits per heavy atom. The van der Waals surface area contributed by atoms with Crippen LogP contribution < -0.4 is 0 Å². The molecule has 0 atom stereocenters. The third-order valence-corrected chi connectivity index (χ3v) is 12.4. The molecule has 0 amide bonds. The van der Waals surface area contributed by atoms with Gasteiger partial charge in [-0.15, -0.1) is 0 Å². The number of fused-ring (bicyclic) bond motifs is 6. The summed E-state index contributed by atoms with van der Waals surface area (Å²) < 4.78 is 9.00. The Balaban J connectivity index is 1.16. The predicted octanol–water partition coefficient (Wildman–Crippen LogP) is 15.5. The first-order chi connectivity index (χ1) is 31.5. The Bertz CT molecular complexity index is 3560. The molecule has 0 aliphatic rings. The minimum atomic E-state index is 0.573. The zero-order chi connectivity index (χ0) is 42.7. The van der Waals surface area contributed by atoms with Crippen molar-refractivity contribution in [3.8, 4) is 73.2 Å². The summed E-state index contributed by atoms with van der Waals surface area (Å²) in [6.45, 7) is 4.26. The first-order valence-corrected chi connectivity index (χ1v) is 21.7. The van der Waals surface area contributed by atoms with E-state index in [1.165, 1.54) is 33.4 Å². The number of rotatable bonds is 7. The van der Waals surface area contributed by atoms with E-state index in [0.29, 0.717) is 17.5 Å². The maximum absolute atomic E-state index is 6.62. The molecule has 9 aromatic carbocycles. The zero-order valence-corrected chi connectivity index (χ0v) is 35.3. The largest absolute Gasteiger partial charge is 0.455 e. The van der Waals surface area contributed by atoms with E-state index in [1.54, 1.807) is 0 Å². The van der Waals surface area contributed by atoms with E-state index >= 15 is 0 Å². The molecule has 0 aliphatic carbocycles. The molecule has 0 saturated heterocycles. The van der Waals surface area contributed by atoms with Gasteiger partial charge in [0.15, 0.2) is 17.5 Å². The Morgan fingerprint density at radius 2 is 0.844 bits per heavy atom. The van der Waals surface area contributed by atoms with Crippen LogP contribution in [0.4, 0.5) is 0 Å². The quantitative estimate of drug-likeness (QED) is 0.161. The second-order valence-electron chi connectivity index (χ2n) is 16.6. The normalized spacial score (nSPS) is 11.6. The average molecular weight is 821 g/mol. The van der Waals surface area contributed by atoms with Crippen LogP contribution in [0.15, 0.2) is 211 Å². The van der Waals surface area contributed by atoms with Crippen LogP contribution in [0.25, 0.3) is 117 Å². The molecular formula is C59H40N4O. The molecule has 5 nitrogen and oxygen atoms in total. The predicted molar refractivity (Wildman–Crippen MR) is 264 cm³/mol. The first-order valence-electron chi connectivity index (χ1n) is 21.7. The van der Waals surface area contributed by atoms with Crippen LogP contribution in [0.3, 0.4) is 0 Å². The van der Waals surface area contributed by atoms with Gasteiger partial charge in [-0.1, -0.05) is 175 Å². The third kappa shape index (κ3) is 6.45. The van der Waals surface area contributed by atoms with Gasteiger partial charge < -0.3 is 8.98 Å². The van der Waals surface area contributed by atoms with Gasteiger partial charge in [0, 0.05) is 43.8 Å². The molecule has 12 aromatic rings. The monoisotopic (exact) mass is 820 g/mol. The lowest BCUT2D eigenvalue weighted by Gasteiger charge is -2.16. The van der Waals surface area contributed by atoms with Crippen molar-refractivity contribution in [2.45, 2.75) is 13.8 Å². The van der Waals surface area contributed by atoms with E-state index in [-0.39, 0.29) is 0 Å². The van der Waals surface area contributed by atoms with Gasteiger partial charge in [0.2, 0.25) is 0 Å². The first kappa shape index (κ1) is 37.4. The number of aromatic nitrogens is 4. The molecule has 0 bridgehead atoms. The topological polar surface area (TPSA) is 56.7 Å². The number of hydrogen-bond donors (Lipinski definition) is 0. The highest BCUT2D eigenvalue weighted by molar-refractivity contribution is 6.13. The van der Waals surface area contributed by atoms with Crippen LogP contribution in [0.1, 0.15) is 11.1 Å². The maximum Gasteiger partial charge on any atom is 0.166 e. The van der Waals surface area contributed by atoms with E-state index in [9.17, 15) is 0 Å². The summed E-state index contributed by atoms with van der Waals surface area (Å²) in [6.07, 6.45) is 0. The zero-order valence-electron chi connectivity index (χ0n) is 35.3. The van der Waals surface area contributed by atoms with Crippen molar-refractivity contribution < 1.29 is 4.42 Å². The summed E-state index contributed by atoms with van der Waals surface area (Å²) in [6, 6.07) is 72.9. The summed E-state index contributed by atoms with van der Waals surface area (Å²) in [4.78, 5) is 15.7. The van der Waals surface area contributed by atoms with Gasteiger partial charge in [0.1, 0.15) is 11.2 Å². The molecule has 5 heteroatoms.